The normalized spacial score (nSPS) is 28.0. The van der Waals surface area contributed by atoms with Crippen molar-refractivity contribution in [2.24, 2.45) is 11.8 Å². The van der Waals surface area contributed by atoms with Crippen molar-refractivity contribution < 1.29 is 4.79 Å². The predicted octanol–water partition coefficient (Wildman–Crippen LogP) is 1.98. The van der Waals surface area contributed by atoms with E-state index in [1.54, 1.807) is 0 Å². The second-order valence-corrected chi connectivity index (χ2v) is 3.97. The van der Waals surface area contributed by atoms with Crippen LogP contribution in [0.1, 0.15) is 25.7 Å². The Hall–Kier alpha value is -0.785. The van der Waals surface area contributed by atoms with Crippen LogP contribution in [0, 0.1) is 11.8 Å². The molecule has 2 aliphatic carbocycles. The monoisotopic (exact) mass is 172 g/mol. The summed E-state index contributed by atoms with van der Waals surface area (Å²) in [5, 5.41) is 0. The third-order valence-corrected chi connectivity index (χ3v) is 3.17. The van der Waals surface area contributed by atoms with Crippen molar-refractivity contribution in [1.29, 1.82) is 0 Å². The van der Waals surface area contributed by atoms with Gasteiger partial charge in [-0.25, -0.2) is 0 Å². The molecule has 0 aromatic rings. The Balaban J connectivity index is 1.96. The van der Waals surface area contributed by atoms with Gasteiger partial charge in [0, 0.05) is 5.57 Å². The molecule has 0 heterocycles. The second-order valence-electron chi connectivity index (χ2n) is 3.97. The molecule has 0 bridgehead atoms. The molecule has 2 rings (SSSR count). The zero-order chi connectivity index (χ0) is 9.26. The van der Waals surface area contributed by atoms with E-state index in [0.29, 0.717) is 11.5 Å². The van der Waals surface area contributed by atoms with E-state index in [4.69, 9.17) is 7.85 Å². The van der Waals surface area contributed by atoms with Gasteiger partial charge in [-0.2, -0.15) is 0 Å². The lowest BCUT2D eigenvalue weighted by Crippen LogP contribution is -2.21. The van der Waals surface area contributed by atoms with Gasteiger partial charge in [0.25, 0.3) is 0 Å². The molecule has 2 aliphatic rings. The van der Waals surface area contributed by atoms with Crippen molar-refractivity contribution in [3.05, 3.63) is 23.8 Å². The highest BCUT2D eigenvalue weighted by molar-refractivity contribution is 6.62. The summed E-state index contributed by atoms with van der Waals surface area (Å²) in [6.07, 6.45) is 11.1. The molecule has 1 unspecified atom stereocenters. The molecule has 0 aliphatic heterocycles. The van der Waals surface area contributed by atoms with Crippen molar-refractivity contribution in [3.63, 3.8) is 0 Å². The smallest absolute Gasteiger partial charge is 0.175 e. The fourth-order valence-corrected chi connectivity index (χ4v) is 2.04. The molecule has 0 spiro atoms. The first-order chi connectivity index (χ1) is 6.27. The summed E-state index contributed by atoms with van der Waals surface area (Å²) >= 11 is 0. The Morgan fingerprint density at radius 3 is 2.62 bits per heavy atom. The minimum Gasteiger partial charge on any atom is -0.308 e. The fourth-order valence-electron chi connectivity index (χ4n) is 2.04. The van der Waals surface area contributed by atoms with Gasteiger partial charge in [0.05, 0.1) is 0 Å². The summed E-state index contributed by atoms with van der Waals surface area (Å²) in [6.45, 7) is 0. The Kier molecular flexibility index (Phi) is 2.39. The van der Waals surface area contributed by atoms with Gasteiger partial charge in [0.2, 0.25) is 0 Å². The van der Waals surface area contributed by atoms with Gasteiger partial charge < -0.3 is 4.79 Å². The summed E-state index contributed by atoms with van der Waals surface area (Å²) in [7, 11) is 5.18. The van der Waals surface area contributed by atoms with E-state index in [1.165, 1.54) is 19.3 Å². The van der Waals surface area contributed by atoms with Gasteiger partial charge in [-0.1, -0.05) is 24.6 Å². The third-order valence-electron chi connectivity index (χ3n) is 3.17. The molecule has 0 saturated heterocycles. The largest absolute Gasteiger partial charge is 0.308 e. The van der Waals surface area contributed by atoms with E-state index >= 15 is 0 Å². The molecule has 66 valence electrons. The maximum absolute atomic E-state index is 10.8. The van der Waals surface area contributed by atoms with Crippen molar-refractivity contribution in [2.75, 3.05) is 0 Å². The number of carbonyl (C=O) groups is 1. The minimum absolute atomic E-state index is 0.302. The molecule has 0 N–H and O–H groups in total. The van der Waals surface area contributed by atoms with Gasteiger partial charge >= 0.3 is 0 Å². The topological polar surface area (TPSA) is 17.1 Å². The average Bonchev–Trinajstić information content (AvgIpc) is 2.02. The van der Waals surface area contributed by atoms with Crippen molar-refractivity contribution >= 4 is 13.5 Å². The first kappa shape index (κ1) is 8.80. The molecule has 1 saturated carbocycles. The summed E-state index contributed by atoms with van der Waals surface area (Å²) in [5.74, 6) is 1.53. The highest BCUT2D eigenvalue weighted by Crippen LogP contribution is 2.37. The van der Waals surface area contributed by atoms with Gasteiger partial charge in [0.1, 0.15) is 5.68 Å². The molecule has 0 aromatic carbocycles. The maximum Gasteiger partial charge on any atom is 0.175 e. The molecule has 2 heteroatoms. The molecular weight excluding hydrogens is 159 g/mol. The quantitative estimate of drug-likeness (QED) is 0.582. The minimum atomic E-state index is -0.302. The lowest BCUT2D eigenvalue weighted by Gasteiger charge is -2.32. The standard InChI is InChI=1S/C11H13BO/c12-11(13)10-6-4-9(5-7-10)8-2-1-3-8/h4,6-9H,1-3,5H2. The first-order valence-electron chi connectivity index (χ1n) is 4.95. The Morgan fingerprint density at radius 2 is 2.23 bits per heavy atom. The average molecular weight is 172 g/mol. The van der Waals surface area contributed by atoms with Crippen LogP contribution >= 0.6 is 0 Å². The SMILES string of the molecule is [B]C(=O)C1=CCC(C2CCC2)C=C1. The van der Waals surface area contributed by atoms with Crippen LogP contribution < -0.4 is 0 Å². The number of rotatable bonds is 2. The van der Waals surface area contributed by atoms with E-state index in [9.17, 15) is 4.79 Å². The Labute approximate surface area is 80.3 Å². The molecule has 1 atom stereocenters. The first-order valence-corrected chi connectivity index (χ1v) is 4.95. The number of hydrogen-bond donors (Lipinski definition) is 0. The Morgan fingerprint density at radius 1 is 1.46 bits per heavy atom. The van der Waals surface area contributed by atoms with Crippen LogP contribution in [-0.2, 0) is 4.79 Å². The molecule has 1 fully saturated rings. The van der Waals surface area contributed by atoms with Crippen LogP contribution in [0.4, 0.5) is 0 Å². The highest BCUT2D eigenvalue weighted by Gasteiger charge is 2.25. The van der Waals surface area contributed by atoms with Gasteiger partial charge in [-0.3, -0.25) is 0 Å². The molecule has 0 aromatic heterocycles. The van der Waals surface area contributed by atoms with Crippen LogP contribution in [0.2, 0.25) is 0 Å². The van der Waals surface area contributed by atoms with Crippen LogP contribution in [0.15, 0.2) is 23.8 Å². The lowest BCUT2D eigenvalue weighted by atomic mass is 9.72. The van der Waals surface area contributed by atoms with E-state index in [2.05, 4.69) is 6.08 Å². The van der Waals surface area contributed by atoms with Gasteiger partial charge in [-0.15, -0.1) is 0 Å². The Bertz CT molecular complexity index is 274. The summed E-state index contributed by atoms with van der Waals surface area (Å²) in [5.41, 5.74) is 0.374. The number of hydrogen-bond acceptors (Lipinski definition) is 1. The summed E-state index contributed by atoms with van der Waals surface area (Å²) < 4.78 is 0. The van der Waals surface area contributed by atoms with Crippen LogP contribution in [-0.4, -0.2) is 13.5 Å². The van der Waals surface area contributed by atoms with Crippen molar-refractivity contribution in [1.82, 2.24) is 0 Å². The molecule has 2 radical (unpaired) electrons. The van der Waals surface area contributed by atoms with E-state index in [0.717, 1.165) is 12.3 Å². The van der Waals surface area contributed by atoms with E-state index in [-0.39, 0.29) is 5.68 Å². The maximum atomic E-state index is 10.8. The zero-order valence-electron chi connectivity index (χ0n) is 7.70. The molecule has 13 heavy (non-hydrogen) atoms. The molecule has 1 nitrogen and oxygen atoms in total. The van der Waals surface area contributed by atoms with E-state index < -0.39 is 0 Å². The molecule has 0 amide bonds. The highest BCUT2D eigenvalue weighted by atomic mass is 16.1. The number of allylic oxidation sites excluding steroid dienone is 4. The fraction of sp³-hybridized carbons (Fsp3) is 0.545. The summed E-state index contributed by atoms with van der Waals surface area (Å²) in [6, 6.07) is 0. The second kappa shape index (κ2) is 3.53. The van der Waals surface area contributed by atoms with Crippen molar-refractivity contribution in [3.8, 4) is 0 Å². The number of carbonyl (C=O) groups excluding carboxylic acids is 1. The predicted molar refractivity (Wildman–Crippen MR) is 53.4 cm³/mol. The van der Waals surface area contributed by atoms with Crippen LogP contribution in [0.5, 0.6) is 0 Å². The van der Waals surface area contributed by atoms with E-state index in [1.807, 2.05) is 12.2 Å². The lowest BCUT2D eigenvalue weighted by molar-refractivity contribution is -0.108. The van der Waals surface area contributed by atoms with Gasteiger partial charge in [0.15, 0.2) is 7.85 Å². The molecular formula is C11H13BO. The summed E-state index contributed by atoms with van der Waals surface area (Å²) in [4.78, 5) is 10.8. The van der Waals surface area contributed by atoms with Crippen LogP contribution in [0.25, 0.3) is 0 Å². The zero-order valence-corrected chi connectivity index (χ0v) is 7.70. The van der Waals surface area contributed by atoms with Gasteiger partial charge in [-0.05, 0) is 31.1 Å². The van der Waals surface area contributed by atoms with Crippen LogP contribution in [0.3, 0.4) is 0 Å². The van der Waals surface area contributed by atoms with Crippen molar-refractivity contribution in [2.45, 2.75) is 25.7 Å². The third kappa shape index (κ3) is 1.77.